The van der Waals surface area contributed by atoms with Crippen molar-refractivity contribution < 1.29 is 19.4 Å². The van der Waals surface area contributed by atoms with Crippen molar-refractivity contribution in [2.75, 3.05) is 12.9 Å². The lowest BCUT2D eigenvalue weighted by atomic mass is 10.1. The summed E-state index contributed by atoms with van der Waals surface area (Å²) >= 11 is 1.54. The molecule has 1 aromatic carbocycles. The van der Waals surface area contributed by atoms with E-state index in [4.69, 9.17) is 0 Å². The molecule has 23 heavy (non-hydrogen) atoms. The maximum absolute atomic E-state index is 12.1. The highest BCUT2D eigenvalue weighted by Gasteiger charge is 2.31. The van der Waals surface area contributed by atoms with E-state index < -0.39 is 6.10 Å². The lowest BCUT2D eigenvalue weighted by molar-refractivity contribution is -0.140. The van der Waals surface area contributed by atoms with Crippen molar-refractivity contribution >= 4 is 23.6 Å². The van der Waals surface area contributed by atoms with Crippen molar-refractivity contribution in [3.8, 4) is 0 Å². The molecule has 2 N–H and O–H groups in total. The van der Waals surface area contributed by atoms with Crippen molar-refractivity contribution in [2.24, 2.45) is 0 Å². The van der Waals surface area contributed by atoms with Crippen molar-refractivity contribution in [3.05, 3.63) is 46.9 Å². The van der Waals surface area contributed by atoms with Crippen LogP contribution in [0.2, 0.25) is 0 Å². The van der Waals surface area contributed by atoms with E-state index in [1.165, 1.54) is 7.11 Å². The monoisotopic (exact) mass is 335 g/mol. The molecular formula is C17H21NO4S. The third-order valence-electron chi connectivity index (χ3n) is 3.61. The minimum atomic E-state index is -0.689. The van der Waals surface area contributed by atoms with Crippen LogP contribution in [-0.2, 0) is 9.53 Å². The van der Waals surface area contributed by atoms with Crippen LogP contribution in [0.5, 0.6) is 0 Å². The highest BCUT2D eigenvalue weighted by atomic mass is 32.2. The van der Waals surface area contributed by atoms with Crippen molar-refractivity contribution in [1.29, 1.82) is 0 Å². The number of carbonyl (C=O) groups is 2. The summed E-state index contributed by atoms with van der Waals surface area (Å²) in [5, 5.41) is 13.2. The number of carbonyl (C=O) groups excluding carboxylic acids is 2. The Morgan fingerprint density at radius 1 is 1.39 bits per heavy atom. The number of hydrogen-bond acceptors (Lipinski definition) is 5. The van der Waals surface area contributed by atoms with Crippen LogP contribution in [0.25, 0.3) is 0 Å². The first kappa shape index (κ1) is 17.6. The number of ether oxygens (including phenoxy) is 1. The normalized spacial score (nSPS) is 22.1. The van der Waals surface area contributed by atoms with Crippen LogP contribution in [0.15, 0.2) is 41.3 Å². The summed E-state index contributed by atoms with van der Waals surface area (Å²) in [5.41, 5.74) is 0.584. The minimum absolute atomic E-state index is 0.179. The van der Waals surface area contributed by atoms with E-state index in [0.29, 0.717) is 30.6 Å². The Labute approximate surface area is 140 Å². The fraction of sp³-hybridized carbons (Fsp3) is 0.412. The maximum atomic E-state index is 12.1. The third kappa shape index (κ3) is 5.11. The molecule has 0 bridgehead atoms. The van der Waals surface area contributed by atoms with Gasteiger partial charge in [0.1, 0.15) is 6.10 Å². The average molecular weight is 335 g/mol. The molecule has 0 aliphatic carbocycles. The number of methoxy groups -OCH3 is 1. The van der Waals surface area contributed by atoms with Crippen LogP contribution in [0, 0.1) is 0 Å². The third-order valence-corrected chi connectivity index (χ3v) is 4.88. The summed E-state index contributed by atoms with van der Waals surface area (Å²) in [6.45, 7) is 0. The minimum Gasteiger partial charge on any atom is -0.469 e. The molecule has 6 heteroatoms. The zero-order valence-electron chi connectivity index (χ0n) is 13.0. The van der Waals surface area contributed by atoms with Gasteiger partial charge in [0.05, 0.1) is 13.2 Å². The average Bonchev–Trinajstić information content (AvgIpc) is 2.92. The number of aliphatic hydroxyl groups excluding tert-OH is 1. The number of esters is 1. The smallest absolute Gasteiger partial charge is 0.305 e. The van der Waals surface area contributed by atoms with Crippen LogP contribution in [0.4, 0.5) is 0 Å². The van der Waals surface area contributed by atoms with Gasteiger partial charge in [-0.1, -0.05) is 24.3 Å². The van der Waals surface area contributed by atoms with E-state index in [2.05, 4.69) is 10.1 Å². The van der Waals surface area contributed by atoms with Crippen molar-refractivity contribution in [1.82, 2.24) is 5.32 Å². The topological polar surface area (TPSA) is 75.6 Å². The van der Waals surface area contributed by atoms with Gasteiger partial charge in [-0.25, -0.2) is 0 Å². The van der Waals surface area contributed by atoms with Gasteiger partial charge in [-0.2, -0.15) is 0 Å². The van der Waals surface area contributed by atoms with Gasteiger partial charge in [-0.15, -0.1) is 11.8 Å². The molecule has 1 amide bonds. The van der Waals surface area contributed by atoms with E-state index in [1.807, 2.05) is 12.1 Å². The van der Waals surface area contributed by atoms with E-state index in [0.717, 1.165) is 4.91 Å². The molecule has 1 fully saturated rings. The highest BCUT2D eigenvalue weighted by molar-refractivity contribution is 8.03. The Kier molecular flexibility index (Phi) is 6.67. The Balaban J connectivity index is 1.83. The number of rotatable bonds is 6. The van der Waals surface area contributed by atoms with Gasteiger partial charge in [0, 0.05) is 22.6 Å². The molecule has 0 saturated carbocycles. The molecule has 0 unspecified atom stereocenters. The second-order valence-electron chi connectivity index (χ2n) is 5.28. The number of allylic oxidation sites excluding steroid dienone is 1. The molecule has 1 heterocycles. The number of amides is 1. The second kappa shape index (κ2) is 8.74. The van der Waals surface area contributed by atoms with Gasteiger partial charge in [0.25, 0.3) is 5.91 Å². The second-order valence-corrected chi connectivity index (χ2v) is 6.37. The quantitative estimate of drug-likeness (QED) is 0.615. The molecule has 124 valence electrons. The van der Waals surface area contributed by atoms with E-state index in [1.54, 1.807) is 36.0 Å². The molecule has 0 spiro atoms. The summed E-state index contributed by atoms with van der Waals surface area (Å²) < 4.78 is 4.58. The largest absolute Gasteiger partial charge is 0.469 e. The molecule has 0 aromatic heterocycles. The predicted octanol–water partition coefficient (Wildman–Crippen LogP) is 2.12. The van der Waals surface area contributed by atoms with Crippen LogP contribution >= 0.6 is 11.8 Å². The number of benzene rings is 1. The number of thioether (sulfide) groups is 1. The Bertz CT molecular complexity index is 573. The summed E-state index contributed by atoms with van der Waals surface area (Å²) in [6.07, 6.45) is 3.01. The van der Waals surface area contributed by atoms with Crippen molar-refractivity contribution in [2.45, 2.75) is 31.4 Å². The zero-order chi connectivity index (χ0) is 16.7. The molecule has 0 radical (unpaired) electrons. The lowest BCUT2D eigenvalue weighted by Crippen LogP contribution is -2.42. The SMILES string of the molecule is COC(=O)CCC/C=C1/SC[C@H](NC(=O)c2ccccc2)[C@H]1O. The molecule has 2 rings (SSSR count). The first-order valence-corrected chi connectivity index (χ1v) is 8.54. The number of nitrogens with one attached hydrogen (secondary N) is 1. The van der Waals surface area contributed by atoms with Crippen LogP contribution in [-0.4, -0.2) is 42.0 Å². The van der Waals surface area contributed by atoms with Crippen LogP contribution in [0.1, 0.15) is 29.6 Å². The molecular weight excluding hydrogens is 314 g/mol. The van der Waals surface area contributed by atoms with E-state index in [-0.39, 0.29) is 17.9 Å². The number of unbranched alkanes of at least 4 members (excludes halogenated alkanes) is 1. The molecule has 2 atom stereocenters. The molecule has 1 saturated heterocycles. The summed E-state index contributed by atoms with van der Waals surface area (Å²) in [4.78, 5) is 24.0. The standard InChI is InChI=1S/C17H21NO4S/c1-22-15(19)10-6-5-9-14-16(20)13(11-23-14)18-17(21)12-7-3-2-4-8-12/h2-4,7-9,13,16,20H,5-6,10-11H2,1H3,(H,18,21)/b14-9+/t13-,16+/m0/s1. The fourth-order valence-corrected chi connectivity index (χ4v) is 3.50. The van der Waals surface area contributed by atoms with Gasteiger partial charge in [0.2, 0.25) is 0 Å². The first-order chi connectivity index (χ1) is 11.1. The van der Waals surface area contributed by atoms with Crippen LogP contribution in [0.3, 0.4) is 0 Å². The Hall–Kier alpha value is -1.79. The molecule has 1 aliphatic heterocycles. The highest BCUT2D eigenvalue weighted by Crippen LogP contribution is 2.32. The van der Waals surface area contributed by atoms with Gasteiger partial charge in [-0.05, 0) is 25.0 Å². The molecule has 1 aliphatic rings. The summed E-state index contributed by atoms with van der Waals surface area (Å²) in [7, 11) is 1.37. The Morgan fingerprint density at radius 2 is 2.13 bits per heavy atom. The summed E-state index contributed by atoms with van der Waals surface area (Å²) in [6, 6.07) is 8.66. The summed E-state index contributed by atoms with van der Waals surface area (Å²) in [5.74, 6) is 0.237. The van der Waals surface area contributed by atoms with Crippen molar-refractivity contribution in [3.63, 3.8) is 0 Å². The van der Waals surface area contributed by atoms with Gasteiger partial charge >= 0.3 is 5.97 Å². The number of aliphatic hydroxyl groups is 1. The zero-order valence-corrected chi connectivity index (χ0v) is 13.8. The maximum Gasteiger partial charge on any atom is 0.305 e. The fourth-order valence-electron chi connectivity index (χ4n) is 2.30. The predicted molar refractivity (Wildman–Crippen MR) is 90.1 cm³/mol. The lowest BCUT2D eigenvalue weighted by Gasteiger charge is -2.16. The van der Waals surface area contributed by atoms with Gasteiger partial charge in [-0.3, -0.25) is 9.59 Å². The van der Waals surface area contributed by atoms with E-state index in [9.17, 15) is 14.7 Å². The Morgan fingerprint density at radius 3 is 2.83 bits per heavy atom. The van der Waals surface area contributed by atoms with Gasteiger partial charge in [0.15, 0.2) is 0 Å². The molecule has 5 nitrogen and oxygen atoms in total. The van der Waals surface area contributed by atoms with E-state index >= 15 is 0 Å². The van der Waals surface area contributed by atoms with Crippen LogP contribution < -0.4 is 5.32 Å². The first-order valence-electron chi connectivity index (χ1n) is 7.55. The number of hydrogen-bond donors (Lipinski definition) is 2. The van der Waals surface area contributed by atoms with Gasteiger partial charge < -0.3 is 15.2 Å². The molecule has 1 aromatic rings.